The molecule has 0 spiro atoms. The first-order valence-electron chi connectivity index (χ1n) is 8.30. The zero-order chi connectivity index (χ0) is 19.3. The Bertz CT molecular complexity index is 865. The lowest BCUT2D eigenvalue weighted by Gasteiger charge is -2.26. The second kappa shape index (κ2) is 8.31. The van der Waals surface area contributed by atoms with E-state index < -0.39 is 15.8 Å². The van der Waals surface area contributed by atoms with Gasteiger partial charge in [0.2, 0.25) is 15.9 Å². The number of para-hydroxylation sites is 1. The van der Waals surface area contributed by atoms with Crippen molar-refractivity contribution in [3.8, 4) is 0 Å². The van der Waals surface area contributed by atoms with E-state index in [2.05, 4.69) is 5.32 Å². The maximum Gasteiger partial charge on any atom is 0.232 e. The number of nitrogens with zero attached hydrogens (tertiary/aromatic N) is 1. The fourth-order valence-corrected chi connectivity index (χ4v) is 3.57. The third-order valence-corrected chi connectivity index (χ3v) is 5.08. The number of carbonyl (C=O) groups is 1. The first-order chi connectivity index (χ1) is 12.2. The molecule has 7 heteroatoms. The van der Waals surface area contributed by atoms with E-state index >= 15 is 0 Å². The second-order valence-electron chi connectivity index (χ2n) is 6.35. The molecular weight excluding hydrogens is 355 g/mol. The summed E-state index contributed by atoms with van der Waals surface area (Å²) in [6.07, 6.45) is 1.11. The number of halogens is 1. The molecule has 0 radical (unpaired) electrons. The van der Waals surface area contributed by atoms with Gasteiger partial charge in [-0.3, -0.25) is 9.10 Å². The maximum atomic E-state index is 12.9. The quantitative estimate of drug-likeness (QED) is 0.798. The molecule has 0 bridgehead atoms. The molecular formula is C19H23FN2O3S. The predicted octanol–water partition coefficient (Wildman–Crippen LogP) is 3.74. The molecule has 26 heavy (non-hydrogen) atoms. The van der Waals surface area contributed by atoms with Gasteiger partial charge in [-0.05, 0) is 41.8 Å². The van der Waals surface area contributed by atoms with Gasteiger partial charge in [0.25, 0.3) is 0 Å². The van der Waals surface area contributed by atoms with Gasteiger partial charge in [-0.1, -0.05) is 32.0 Å². The van der Waals surface area contributed by atoms with Crippen molar-refractivity contribution in [2.75, 3.05) is 22.4 Å². The maximum absolute atomic E-state index is 12.9. The molecule has 0 saturated heterocycles. The van der Waals surface area contributed by atoms with Crippen molar-refractivity contribution in [2.24, 2.45) is 0 Å². The minimum atomic E-state index is -3.54. The van der Waals surface area contributed by atoms with Crippen molar-refractivity contribution >= 4 is 27.3 Å². The molecule has 1 N–H and O–H groups in total. The molecule has 0 aliphatic rings. The number of sulfonamides is 1. The highest BCUT2D eigenvalue weighted by molar-refractivity contribution is 7.92. The normalized spacial score (nSPS) is 11.4. The number of amides is 1. The highest BCUT2D eigenvalue weighted by atomic mass is 32.2. The zero-order valence-electron chi connectivity index (χ0n) is 15.1. The number of carbonyl (C=O) groups excluding carboxylic acids is 1. The van der Waals surface area contributed by atoms with Crippen molar-refractivity contribution in [2.45, 2.75) is 26.2 Å². The molecule has 0 aliphatic carbocycles. The van der Waals surface area contributed by atoms with E-state index in [1.54, 1.807) is 12.1 Å². The van der Waals surface area contributed by atoms with Gasteiger partial charge in [0.05, 0.1) is 11.9 Å². The average Bonchev–Trinajstić information content (AvgIpc) is 2.56. The molecule has 0 saturated carbocycles. The van der Waals surface area contributed by atoms with Crippen LogP contribution in [0.5, 0.6) is 0 Å². The van der Waals surface area contributed by atoms with Crippen LogP contribution in [-0.2, 0) is 14.8 Å². The van der Waals surface area contributed by atoms with Crippen LogP contribution in [0.1, 0.15) is 31.7 Å². The standard InChI is InChI=1S/C19H23FN2O3S/c1-14(2)17-6-4-5-7-18(17)22(26(3,24)25)13-12-19(23)21-16-10-8-15(20)9-11-16/h4-11,14H,12-13H2,1-3H3,(H,21,23). The summed E-state index contributed by atoms with van der Waals surface area (Å²) < 4.78 is 38.7. The van der Waals surface area contributed by atoms with E-state index in [0.29, 0.717) is 11.4 Å². The summed E-state index contributed by atoms with van der Waals surface area (Å²) in [4.78, 5) is 12.2. The van der Waals surface area contributed by atoms with Crippen molar-refractivity contribution in [1.29, 1.82) is 0 Å². The SMILES string of the molecule is CC(C)c1ccccc1N(CCC(=O)Nc1ccc(F)cc1)S(C)(=O)=O. The number of benzene rings is 2. The van der Waals surface area contributed by atoms with Gasteiger partial charge in [-0.2, -0.15) is 0 Å². The van der Waals surface area contributed by atoms with Crippen molar-refractivity contribution in [3.05, 3.63) is 59.9 Å². The van der Waals surface area contributed by atoms with Crippen molar-refractivity contribution < 1.29 is 17.6 Å². The Morgan fingerprint density at radius 2 is 1.73 bits per heavy atom. The fourth-order valence-electron chi connectivity index (χ4n) is 2.63. The summed E-state index contributed by atoms with van der Waals surface area (Å²) in [5.41, 5.74) is 1.95. The van der Waals surface area contributed by atoms with Crippen LogP contribution in [0.2, 0.25) is 0 Å². The van der Waals surface area contributed by atoms with E-state index in [0.717, 1.165) is 11.8 Å². The zero-order valence-corrected chi connectivity index (χ0v) is 15.9. The van der Waals surface area contributed by atoms with Gasteiger partial charge >= 0.3 is 0 Å². The van der Waals surface area contributed by atoms with Crippen LogP contribution in [0.25, 0.3) is 0 Å². The molecule has 0 unspecified atom stereocenters. The minimum Gasteiger partial charge on any atom is -0.326 e. The monoisotopic (exact) mass is 378 g/mol. The summed E-state index contributed by atoms with van der Waals surface area (Å²) in [5, 5.41) is 2.64. The van der Waals surface area contributed by atoms with Gasteiger partial charge in [-0.15, -0.1) is 0 Å². The van der Waals surface area contributed by atoms with E-state index in [-0.39, 0.29) is 24.8 Å². The Hall–Kier alpha value is -2.41. The van der Waals surface area contributed by atoms with Crippen LogP contribution in [-0.4, -0.2) is 27.1 Å². The molecule has 1 amide bonds. The molecule has 0 aliphatic heterocycles. The largest absolute Gasteiger partial charge is 0.326 e. The summed E-state index contributed by atoms with van der Waals surface area (Å²) in [5.74, 6) is -0.590. The Balaban J connectivity index is 2.15. The van der Waals surface area contributed by atoms with Gasteiger partial charge < -0.3 is 5.32 Å². The first-order valence-corrected chi connectivity index (χ1v) is 10.2. The topological polar surface area (TPSA) is 66.5 Å². The van der Waals surface area contributed by atoms with Crippen molar-refractivity contribution in [3.63, 3.8) is 0 Å². The minimum absolute atomic E-state index is 0.0170. The van der Waals surface area contributed by atoms with E-state index in [4.69, 9.17) is 0 Å². The number of anilines is 2. The third-order valence-electron chi connectivity index (χ3n) is 3.90. The average molecular weight is 378 g/mol. The molecule has 0 atom stereocenters. The molecule has 2 aromatic carbocycles. The molecule has 5 nitrogen and oxygen atoms in total. The Labute approximate surface area is 153 Å². The highest BCUT2D eigenvalue weighted by Gasteiger charge is 2.22. The van der Waals surface area contributed by atoms with E-state index in [1.807, 2.05) is 26.0 Å². The van der Waals surface area contributed by atoms with E-state index in [9.17, 15) is 17.6 Å². The fraction of sp³-hybridized carbons (Fsp3) is 0.316. The lowest BCUT2D eigenvalue weighted by Crippen LogP contribution is -2.33. The molecule has 0 fully saturated rings. The highest BCUT2D eigenvalue weighted by Crippen LogP contribution is 2.29. The van der Waals surface area contributed by atoms with Gasteiger partial charge in [0.15, 0.2) is 0 Å². The lowest BCUT2D eigenvalue weighted by molar-refractivity contribution is -0.116. The van der Waals surface area contributed by atoms with Gasteiger partial charge in [0, 0.05) is 18.7 Å². The third kappa shape index (κ3) is 5.29. The summed E-state index contributed by atoms with van der Waals surface area (Å²) >= 11 is 0. The molecule has 2 aromatic rings. The number of hydrogen-bond donors (Lipinski definition) is 1. The molecule has 140 valence electrons. The van der Waals surface area contributed by atoms with Gasteiger partial charge in [0.1, 0.15) is 5.82 Å². The summed E-state index contributed by atoms with van der Waals surface area (Å²) in [6, 6.07) is 12.7. The van der Waals surface area contributed by atoms with Crippen molar-refractivity contribution in [1.82, 2.24) is 0 Å². The number of nitrogens with one attached hydrogen (secondary N) is 1. The Morgan fingerprint density at radius 3 is 2.31 bits per heavy atom. The Kier molecular flexibility index (Phi) is 6.37. The van der Waals surface area contributed by atoms with Crippen LogP contribution in [0.15, 0.2) is 48.5 Å². The van der Waals surface area contributed by atoms with Crippen LogP contribution in [0.4, 0.5) is 15.8 Å². The number of rotatable bonds is 7. The van der Waals surface area contributed by atoms with Crippen LogP contribution < -0.4 is 9.62 Å². The first kappa shape index (κ1) is 19.9. The smallest absolute Gasteiger partial charge is 0.232 e. The molecule has 0 aromatic heterocycles. The summed E-state index contributed by atoms with van der Waals surface area (Å²) in [7, 11) is -3.54. The van der Waals surface area contributed by atoms with E-state index in [1.165, 1.54) is 28.6 Å². The second-order valence-corrected chi connectivity index (χ2v) is 8.26. The molecule has 0 heterocycles. The van der Waals surface area contributed by atoms with Crippen LogP contribution >= 0.6 is 0 Å². The lowest BCUT2D eigenvalue weighted by atomic mass is 10.0. The van der Waals surface area contributed by atoms with Crippen LogP contribution in [0, 0.1) is 5.82 Å². The summed E-state index contributed by atoms with van der Waals surface area (Å²) in [6.45, 7) is 4.00. The van der Waals surface area contributed by atoms with Crippen LogP contribution in [0.3, 0.4) is 0 Å². The van der Waals surface area contributed by atoms with Gasteiger partial charge in [-0.25, -0.2) is 12.8 Å². The number of hydrogen-bond acceptors (Lipinski definition) is 3. The Morgan fingerprint density at radius 1 is 1.12 bits per heavy atom. The molecule has 2 rings (SSSR count). The predicted molar refractivity (Wildman–Crippen MR) is 102 cm³/mol.